The standard InChI is InChI=1S/C27H26ClN3O6S2/c28-21-10-3-1-7-18(21)16-30(24(32)17-31-27(34)20-9-2-4-12-23(20)39(31,35)36)25(22-11-6-14-38-22)26(33)29-15-19-8-5-13-37-19/h1-4,6-7,9-12,14,19,25H,5,8,13,15-17H2,(H,29,33). The number of ether oxygens (including phenoxy) is 1. The van der Waals surface area contributed by atoms with Crippen molar-refractivity contribution >= 4 is 50.7 Å². The number of fused-ring (bicyclic) bond motifs is 1. The Hall–Kier alpha value is -3.25. The van der Waals surface area contributed by atoms with Gasteiger partial charge in [-0.15, -0.1) is 11.3 Å². The number of hydrogen-bond donors (Lipinski definition) is 1. The average Bonchev–Trinajstić information content (AvgIpc) is 3.68. The summed E-state index contributed by atoms with van der Waals surface area (Å²) < 4.78 is 32.5. The number of amides is 3. The number of benzene rings is 2. The second kappa shape index (κ2) is 11.5. The first-order chi connectivity index (χ1) is 18.8. The summed E-state index contributed by atoms with van der Waals surface area (Å²) >= 11 is 7.71. The number of sulfonamides is 1. The zero-order valence-electron chi connectivity index (χ0n) is 20.8. The third kappa shape index (κ3) is 5.58. The van der Waals surface area contributed by atoms with Crippen LogP contribution in [-0.4, -0.2) is 61.1 Å². The summed E-state index contributed by atoms with van der Waals surface area (Å²) in [5, 5.41) is 5.08. The Kier molecular flexibility index (Phi) is 8.03. The van der Waals surface area contributed by atoms with E-state index in [-0.39, 0.29) is 29.7 Å². The SMILES string of the molecule is O=C(NCC1CCCO1)C(c1cccs1)N(Cc1ccccc1Cl)C(=O)CN1C(=O)c2ccccc2S1(=O)=O. The predicted octanol–water partition coefficient (Wildman–Crippen LogP) is 3.61. The van der Waals surface area contributed by atoms with E-state index < -0.39 is 40.3 Å². The molecular weight excluding hydrogens is 562 g/mol. The first-order valence-corrected chi connectivity index (χ1v) is 15.1. The fraction of sp³-hybridized carbons (Fsp3) is 0.296. The Morgan fingerprint density at radius 2 is 1.90 bits per heavy atom. The number of carbonyl (C=O) groups excluding carboxylic acids is 3. The fourth-order valence-corrected chi connectivity index (χ4v) is 7.27. The summed E-state index contributed by atoms with van der Waals surface area (Å²) in [7, 11) is -4.23. The average molecular weight is 588 g/mol. The number of halogens is 1. The summed E-state index contributed by atoms with van der Waals surface area (Å²) in [6, 6.07) is 15.1. The van der Waals surface area contributed by atoms with Crippen LogP contribution in [0.2, 0.25) is 5.02 Å². The highest BCUT2D eigenvalue weighted by molar-refractivity contribution is 7.90. The van der Waals surface area contributed by atoms with Crippen molar-refractivity contribution in [1.29, 1.82) is 0 Å². The lowest BCUT2D eigenvalue weighted by molar-refractivity contribution is -0.141. The Morgan fingerprint density at radius 1 is 1.13 bits per heavy atom. The maximum Gasteiger partial charge on any atom is 0.269 e. The van der Waals surface area contributed by atoms with Gasteiger partial charge < -0.3 is 15.0 Å². The molecule has 0 spiro atoms. The number of nitrogens with zero attached hydrogens (tertiary/aromatic N) is 2. The summed E-state index contributed by atoms with van der Waals surface area (Å²) in [5.74, 6) is -1.94. The fourth-order valence-electron chi connectivity index (χ4n) is 4.72. The molecule has 39 heavy (non-hydrogen) atoms. The normalized spacial score (nSPS) is 18.5. The molecule has 0 saturated carbocycles. The van der Waals surface area contributed by atoms with Crippen molar-refractivity contribution in [2.24, 2.45) is 0 Å². The molecule has 1 saturated heterocycles. The van der Waals surface area contributed by atoms with E-state index in [9.17, 15) is 22.8 Å². The molecule has 2 atom stereocenters. The molecule has 0 radical (unpaired) electrons. The zero-order valence-corrected chi connectivity index (χ0v) is 23.2. The van der Waals surface area contributed by atoms with Gasteiger partial charge in [-0.1, -0.05) is 48.0 Å². The predicted molar refractivity (Wildman–Crippen MR) is 146 cm³/mol. The molecule has 2 aliphatic rings. The van der Waals surface area contributed by atoms with Gasteiger partial charge in [0.2, 0.25) is 11.8 Å². The van der Waals surface area contributed by atoms with Crippen LogP contribution in [0.1, 0.15) is 39.7 Å². The van der Waals surface area contributed by atoms with Gasteiger partial charge in [-0.25, -0.2) is 12.7 Å². The third-order valence-electron chi connectivity index (χ3n) is 6.71. The van der Waals surface area contributed by atoms with Gasteiger partial charge in [-0.3, -0.25) is 14.4 Å². The first kappa shape index (κ1) is 27.3. The van der Waals surface area contributed by atoms with Crippen LogP contribution in [0.4, 0.5) is 0 Å². The van der Waals surface area contributed by atoms with Crippen LogP contribution >= 0.6 is 22.9 Å². The van der Waals surface area contributed by atoms with Crippen molar-refractivity contribution in [2.45, 2.75) is 36.4 Å². The van der Waals surface area contributed by atoms with Crippen molar-refractivity contribution in [3.05, 3.63) is 87.1 Å². The lowest BCUT2D eigenvalue weighted by Gasteiger charge is -2.32. The van der Waals surface area contributed by atoms with Gasteiger partial charge in [0.05, 0.1) is 11.7 Å². The maximum atomic E-state index is 13.9. The highest BCUT2D eigenvalue weighted by Gasteiger charge is 2.43. The molecule has 3 heterocycles. The zero-order chi connectivity index (χ0) is 27.6. The van der Waals surface area contributed by atoms with Crippen LogP contribution in [0.3, 0.4) is 0 Å². The summed E-state index contributed by atoms with van der Waals surface area (Å²) in [6.45, 7) is 0.0699. The van der Waals surface area contributed by atoms with Crippen molar-refractivity contribution < 1.29 is 27.5 Å². The molecule has 1 aromatic heterocycles. The van der Waals surface area contributed by atoms with E-state index in [2.05, 4.69) is 5.32 Å². The maximum absolute atomic E-state index is 13.9. The first-order valence-electron chi connectivity index (χ1n) is 12.4. The molecule has 204 valence electrons. The molecule has 3 aromatic rings. The minimum absolute atomic E-state index is 0.00654. The summed E-state index contributed by atoms with van der Waals surface area (Å²) in [6.07, 6.45) is 1.62. The van der Waals surface area contributed by atoms with E-state index in [0.29, 0.717) is 26.4 Å². The molecule has 0 aliphatic carbocycles. The van der Waals surface area contributed by atoms with Crippen molar-refractivity contribution in [1.82, 2.24) is 14.5 Å². The van der Waals surface area contributed by atoms with Crippen LogP contribution in [0.15, 0.2) is 70.9 Å². The Labute approximate surface area is 235 Å². The Morgan fingerprint density at radius 3 is 2.59 bits per heavy atom. The van der Waals surface area contributed by atoms with Gasteiger partial charge in [0.15, 0.2) is 0 Å². The smallest absolute Gasteiger partial charge is 0.269 e. The van der Waals surface area contributed by atoms with Gasteiger partial charge in [-0.2, -0.15) is 0 Å². The number of carbonyl (C=O) groups is 3. The minimum Gasteiger partial charge on any atom is -0.376 e. The molecule has 2 unspecified atom stereocenters. The quantitative estimate of drug-likeness (QED) is 0.409. The van der Waals surface area contributed by atoms with Crippen molar-refractivity contribution in [3.8, 4) is 0 Å². The van der Waals surface area contributed by atoms with E-state index in [1.54, 1.807) is 47.8 Å². The van der Waals surface area contributed by atoms with Gasteiger partial charge in [0.25, 0.3) is 15.9 Å². The second-order valence-electron chi connectivity index (χ2n) is 9.22. The molecule has 1 fully saturated rings. The number of hydrogen-bond acceptors (Lipinski definition) is 7. The van der Waals surface area contributed by atoms with E-state index in [1.807, 2.05) is 0 Å². The van der Waals surface area contributed by atoms with Crippen LogP contribution in [0.25, 0.3) is 0 Å². The molecule has 1 N–H and O–H groups in total. The lowest BCUT2D eigenvalue weighted by atomic mass is 10.1. The highest BCUT2D eigenvalue weighted by Crippen LogP contribution is 2.33. The molecule has 0 bridgehead atoms. The van der Waals surface area contributed by atoms with E-state index in [4.69, 9.17) is 16.3 Å². The topological polar surface area (TPSA) is 113 Å². The van der Waals surface area contributed by atoms with Gasteiger partial charge in [0.1, 0.15) is 17.5 Å². The number of nitrogens with one attached hydrogen (secondary N) is 1. The van der Waals surface area contributed by atoms with Crippen molar-refractivity contribution in [3.63, 3.8) is 0 Å². The Balaban J connectivity index is 1.48. The van der Waals surface area contributed by atoms with Gasteiger partial charge >= 0.3 is 0 Å². The van der Waals surface area contributed by atoms with E-state index >= 15 is 0 Å². The number of rotatable bonds is 9. The molecule has 9 nitrogen and oxygen atoms in total. The van der Waals surface area contributed by atoms with Crippen LogP contribution < -0.4 is 5.32 Å². The van der Waals surface area contributed by atoms with Crippen LogP contribution in [0, 0.1) is 0 Å². The molecule has 5 rings (SSSR count). The largest absolute Gasteiger partial charge is 0.376 e. The second-order valence-corrected chi connectivity index (χ2v) is 12.4. The Bertz CT molecular complexity index is 1490. The van der Waals surface area contributed by atoms with Gasteiger partial charge in [-0.05, 0) is 48.1 Å². The summed E-state index contributed by atoms with van der Waals surface area (Å²) in [4.78, 5) is 42.3. The van der Waals surface area contributed by atoms with Gasteiger partial charge in [0, 0.05) is 29.6 Å². The monoisotopic (exact) mass is 587 g/mol. The van der Waals surface area contributed by atoms with Crippen LogP contribution in [-0.2, 0) is 30.9 Å². The molecule has 3 amide bonds. The number of thiophene rings is 1. The highest BCUT2D eigenvalue weighted by atomic mass is 35.5. The third-order valence-corrected chi connectivity index (χ3v) is 9.79. The van der Waals surface area contributed by atoms with Crippen LogP contribution in [0.5, 0.6) is 0 Å². The van der Waals surface area contributed by atoms with E-state index in [1.165, 1.54) is 34.4 Å². The molecule has 12 heteroatoms. The van der Waals surface area contributed by atoms with Crippen molar-refractivity contribution in [2.75, 3.05) is 19.7 Å². The summed E-state index contributed by atoms with van der Waals surface area (Å²) in [5.41, 5.74) is 0.576. The molecule has 2 aliphatic heterocycles. The van der Waals surface area contributed by atoms with E-state index in [0.717, 1.165) is 12.8 Å². The molecular formula is C27H26ClN3O6S2. The lowest BCUT2D eigenvalue weighted by Crippen LogP contribution is -2.48. The molecule has 2 aromatic carbocycles. The minimum atomic E-state index is -4.23.